The van der Waals surface area contributed by atoms with Gasteiger partial charge in [-0.3, -0.25) is 14.5 Å². The Morgan fingerprint density at radius 1 is 1.18 bits per heavy atom. The molecule has 0 aromatic heterocycles. The van der Waals surface area contributed by atoms with Crippen LogP contribution < -0.4 is 15.0 Å². The number of carbonyl (C=O) groups excluding carboxylic acids is 2. The zero-order chi connectivity index (χ0) is 19.9. The molecule has 2 amide bonds. The molecule has 1 aliphatic heterocycles. The van der Waals surface area contributed by atoms with Crippen LogP contribution in [0.4, 0.5) is 5.69 Å². The van der Waals surface area contributed by atoms with E-state index in [-0.39, 0.29) is 24.5 Å². The Hall–Kier alpha value is -2.86. The summed E-state index contributed by atoms with van der Waals surface area (Å²) in [5, 5.41) is 2.86. The quantitative estimate of drug-likeness (QED) is 0.713. The SMILES string of the molecule is CC1Oc2ccccc2N(CC(=O)NCCCOC(C)c2ccccc2)C1=O. The second-order valence-electron chi connectivity index (χ2n) is 6.78. The van der Waals surface area contributed by atoms with E-state index >= 15 is 0 Å². The van der Waals surface area contributed by atoms with Gasteiger partial charge in [0.25, 0.3) is 5.91 Å². The van der Waals surface area contributed by atoms with Gasteiger partial charge < -0.3 is 14.8 Å². The molecule has 2 aromatic rings. The van der Waals surface area contributed by atoms with Crippen LogP contribution in [0.25, 0.3) is 0 Å². The van der Waals surface area contributed by atoms with E-state index in [1.54, 1.807) is 19.1 Å². The Bertz CT molecular complexity index is 809. The van der Waals surface area contributed by atoms with Crippen LogP contribution in [0.5, 0.6) is 5.75 Å². The van der Waals surface area contributed by atoms with Crippen molar-refractivity contribution in [1.29, 1.82) is 0 Å². The van der Waals surface area contributed by atoms with Gasteiger partial charge in [-0.25, -0.2) is 0 Å². The van der Waals surface area contributed by atoms with E-state index in [1.807, 2.05) is 49.4 Å². The molecule has 6 nitrogen and oxygen atoms in total. The van der Waals surface area contributed by atoms with E-state index in [1.165, 1.54) is 4.90 Å². The van der Waals surface area contributed by atoms with Crippen molar-refractivity contribution in [3.05, 3.63) is 60.2 Å². The molecule has 0 fully saturated rings. The highest BCUT2D eigenvalue weighted by Gasteiger charge is 2.32. The normalized spacial score (nSPS) is 16.9. The third-order valence-corrected chi connectivity index (χ3v) is 4.66. The van der Waals surface area contributed by atoms with Crippen molar-refractivity contribution < 1.29 is 19.1 Å². The molecule has 6 heteroatoms. The fourth-order valence-corrected chi connectivity index (χ4v) is 3.10. The number of nitrogens with zero attached hydrogens (tertiary/aromatic N) is 1. The molecule has 3 rings (SSSR count). The molecule has 2 atom stereocenters. The topological polar surface area (TPSA) is 67.9 Å². The highest BCUT2D eigenvalue weighted by atomic mass is 16.5. The molecule has 148 valence electrons. The Balaban J connectivity index is 1.43. The van der Waals surface area contributed by atoms with Crippen molar-refractivity contribution in [3.63, 3.8) is 0 Å². The first-order valence-electron chi connectivity index (χ1n) is 9.56. The number of fused-ring (bicyclic) bond motifs is 1. The number of rotatable bonds is 8. The van der Waals surface area contributed by atoms with Crippen LogP contribution in [0.2, 0.25) is 0 Å². The summed E-state index contributed by atoms with van der Waals surface area (Å²) < 4.78 is 11.4. The maximum atomic E-state index is 12.4. The first kappa shape index (κ1) is 19.9. The highest BCUT2D eigenvalue weighted by Crippen LogP contribution is 2.33. The molecular formula is C22H26N2O4. The number of amides is 2. The Morgan fingerprint density at radius 2 is 1.89 bits per heavy atom. The minimum absolute atomic E-state index is 0.0147. The summed E-state index contributed by atoms with van der Waals surface area (Å²) in [7, 11) is 0. The van der Waals surface area contributed by atoms with Gasteiger partial charge in [0.2, 0.25) is 5.91 Å². The maximum Gasteiger partial charge on any atom is 0.268 e. The number of anilines is 1. The van der Waals surface area contributed by atoms with Crippen molar-refractivity contribution in [2.75, 3.05) is 24.6 Å². The molecular weight excluding hydrogens is 356 g/mol. The first-order chi connectivity index (χ1) is 13.6. The van der Waals surface area contributed by atoms with E-state index < -0.39 is 6.10 Å². The lowest BCUT2D eigenvalue weighted by Crippen LogP contribution is -2.48. The van der Waals surface area contributed by atoms with Gasteiger partial charge in [-0.1, -0.05) is 42.5 Å². The van der Waals surface area contributed by atoms with Crippen LogP contribution in [0, 0.1) is 0 Å². The van der Waals surface area contributed by atoms with Crippen LogP contribution in [0.3, 0.4) is 0 Å². The van der Waals surface area contributed by atoms with E-state index in [4.69, 9.17) is 9.47 Å². The largest absolute Gasteiger partial charge is 0.479 e. The molecule has 1 N–H and O–H groups in total. The molecule has 0 spiro atoms. The Labute approximate surface area is 165 Å². The fourth-order valence-electron chi connectivity index (χ4n) is 3.10. The molecule has 0 bridgehead atoms. The summed E-state index contributed by atoms with van der Waals surface area (Å²) in [6, 6.07) is 17.3. The summed E-state index contributed by atoms with van der Waals surface area (Å²) in [5.41, 5.74) is 1.76. The average Bonchev–Trinajstić information content (AvgIpc) is 2.71. The van der Waals surface area contributed by atoms with Crippen LogP contribution in [-0.4, -0.2) is 37.6 Å². The van der Waals surface area contributed by atoms with Crippen molar-refractivity contribution >= 4 is 17.5 Å². The lowest BCUT2D eigenvalue weighted by atomic mass is 10.1. The monoisotopic (exact) mass is 382 g/mol. The summed E-state index contributed by atoms with van der Waals surface area (Å²) >= 11 is 0. The van der Waals surface area contributed by atoms with Crippen LogP contribution in [0.15, 0.2) is 54.6 Å². The number of para-hydroxylation sites is 2. The summed E-state index contributed by atoms with van der Waals surface area (Å²) in [6.07, 6.45) is 0.115. The van der Waals surface area contributed by atoms with Gasteiger partial charge in [-0.05, 0) is 38.0 Å². The van der Waals surface area contributed by atoms with Crippen LogP contribution in [0.1, 0.15) is 31.9 Å². The molecule has 0 saturated carbocycles. The zero-order valence-corrected chi connectivity index (χ0v) is 16.3. The number of carbonyl (C=O) groups is 2. The number of nitrogens with one attached hydrogen (secondary N) is 1. The van der Waals surface area contributed by atoms with Gasteiger partial charge in [-0.2, -0.15) is 0 Å². The predicted octanol–water partition coefficient (Wildman–Crippen LogP) is 3.08. The molecule has 2 aromatic carbocycles. The van der Waals surface area contributed by atoms with Gasteiger partial charge >= 0.3 is 0 Å². The van der Waals surface area contributed by atoms with E-state index in [9.17, 15) is 9.59 Å². The summed E-state index contributed by atoms with van der Waals surface area (Å²) in [6.45, 7) is 4.72. The molecule has 1 aliphatic rings. The van der Waals surface area contributed by atoms with Crippen molar-refractivity contribution in [3.8, 4) is 5.75 Å². The minimum Gasteiger partial charge on any atom is -0.479 e. The van der Waals surface area contributed by atoms with Gasteiger partial charge in [0.15, 0.2) is 6.10 Å². The number of hydrogen-bond acceptors (Lipinski definition) is 4. The Morgan fingerprint density at radius 3 is 2.68 bits per heavy atom. The standard InChI is InChI=1S/C22H26N2O4/c1-16(18-9-4-3-5-10-18)27-14-8-13-23-21(25)15-24-19-11-6-7-12-20(19)28-17(2)22(24)26/h3-7,9-12,16-17H,8,13-15H2,1-2H3,(H,23,25). The fraction of sp³-hybridized carbons (Fsp3) is 0.364. The molecule has 0 radical (unpaired) electrons. The minimum atomic E-state index is -0.601. The highest BCUT2D eigenvalue weighted by molar-refractivity contribution is 6.03. The number of ether oxygens (including phenoxy) is 2. The predicted molar refractivity (Wildman–Crippen MR) is 107 cm³/mol. The third-order valence-electron chi connectivity index (χ3n) is 4.66. The second kappa shape index (κ2) is 9.37. The number of hydrogen-bond donors (Lipinski definition) is 1. The van der Waals surface area contributed by atoms with E-state index in [0.29, 0.717) is 31.0 Å². The average molecular weight is 382 g/mol. The molecule has 0 aliphatic carbocycles. The molecule has 1 heterocycles. The number of benzene rings is 2. The van der Waals surface area contributed by atoms with Gasteiger partial charge in [0.1, 0.15) is 12.3 Å². The molecule has 2 unspecified atom stereocenters. The first-order valence-corrected chi connectivity index (χ1v) is 9.56. The summed E-state index contributed by atoms with van der Waals surface area (Å²) in [5.74, 6) is 0.202. The van der Waals surface area contributed by atoms with E-state index in [2.05, 4.69) is 5.32 Å². The Kier molecular flexibility index (Phi) is 6.66. The molecule has 0 saturated heterocycles. The van der Waals surface area contributed by atoms with Gasteiger partial charge in [0, 0.05) is 13.2 Å². The van der Waals surface area contributed by atoms with Crippen LogP contribution in [-0.2, 0) is 14.3 Å². The zero-order valence-electron chi connectivity index (χ0n) is 16.3. The smallest absolute Gasteiger partial charge is 0.268 e. The lowest BCUT2D eigenvalue weighted by molar-refractivity contribution is -0.128. The lowest BCUT2D eigenvalue weighted by Gasteiger charge is -2.32. The summed E-state index contributed by atoms with van der Waals surface area (Å²) in [4.78, 5) is 26.2. The van der Waals surface area contributed by atoms with Crippen molar-refractivity contribution in [2.24, 2.45) is 0 Å². The van der Waals surface area contributed by atoms with Crippen molar-refractivity contribution in [1.82, 2.24) is 5.32 Å². The van der Waals surface area contributed by atoms with Crippen LogP contribution >= 0.6 is 0 Å². The van der Waals surface area contributed by atoms with Gasteiger partial charge in [-0.15, -0.1) is 0 Å². The molecule has 28 heavy (non-hydrogen) atoms. The second-order valence-corrected chi connectivity index (χ2v) is 6.78. The maximum absolute atomic E-state index is 12.4. The van der Waals surface area contributed by atoms with Gasteiger partial charge in [0.05, 0.1) is 11.8 Å². The van der Waals surface area contributed by atoms with Crippen molar-refractivity contribution in [2.45, 2.75) is 32.5 Å². The third kappa shape index (κ3) is 4.89. The van der Waals surface area contributed by atoms with E-state index in [0.717, 1.165) is 5.56 Å².